The zero-order valence-electron chi connectivity index (χ0n) is 14.5. The normalized spacial score (nSPS) is 15.1. The van der Waals surface area contributed by atoms with E-state index >= 15 is 0 Å². The quantitative estimate of drug-likeness (QED) is 0.781. The molecule has 0 spiro atoms. The second kappa shape index (κ2) is 7.13. The first kappa shape index (κ1) is 16.5. The first-order valence-electron chi connectivity index (χ1n) is 8.61. The zero-order valence-corrected chi connectivity index (χ0v) is 14.5. The lowest BCUT2D eigenvalue weighted by molar-refractivity contribution is -0.122. The molecule has 26 heavy (non-hydrogen) atoms. The zero-order chi connectivity index (χ0) is 17.9. The molecule has 7 nitrogen and oxygen atoms in total. The Morgan fingerprint density at radius 2 is 2.19 bits per heavy atom. The lowest BCUT2D eigenvalue weighted by Crippen LogP contribution is -2.28. The van der Waals surface area contributed by atoms with Gasteiger partial charge in [0.05, 0.1) is 18.5 Å². The van der Waals surface area contributed by atoms with Crippen molar-refractivity contribution < 1.29 is 14.3 Å². The van der Waals surface area contributed by atoms with Crippen LogP contribution in [0.5, 0.6) is 5.75 Å². The summed E-state index contributed by atoms with van der Waals surface area (Å²) in [6.45, 7) is 1.26. The molecule has 0 saturated carbocycles. The van der Waals surface area contributed by atoms with Crippen LogP contribution in [0.25, 0.3) is 17.0 Å². The third-order valence-electron chi connectivity index (χ3n) is 4.58. The molecule has 1 aromatic carbocycles. The number of carbonyl (C=O) groups is 1. The molecule has 1 saturated heterocycles. The van der Waals surface area contributed by atoms with Gasteiger partial charge in [-0.25, -0.2) is 9.97 Å². The van der Waals surface area contributed by atoms with Gasteiger partial charge in [0.25, 0.3) is 0 Å². The number of hydrogen-bond acceptors (Lipinski definition) is 5. The molecule has 2 aromatic heterocycles. The van der Waals surface area contributed by atoms with E-state index in [0.717, 1.165) is 24.1 Å². The maximum Gasteiger partial charge on any atom is 0.234 e. The highest BCUT2D eigenvalue weighted by Gasteiger charge is 2.22. The molecular formula is C19H20N4O3. The van der Waals surface area contributed by atoms with Crippen molar-refractivity contribution >= 4 is 17.4 Å². The maximum absolute atomic E-state index is 12.6. The molecule has 1 aliphatic rings. The lowest BCUT2D eigenvalue weighted by atomic mass is 9.99. The minimum atomic E-state index is -0.0310. The van der Waals surface area contributed by atoms with Crippen molar-refractivity contribution in [2.45, 2.75) is 12.8 Å². The number of benzene rings is 1. The SMILES string of the molecule is COc1ccc(-c2cn3cccnc3n2)cc1NC(=O)C1CCOCC1. The van der Waals surface area contributed by atoms with Gasteiger partial charge in [0.1, 0.15) is 5.75 Å². The Kier molecular flexibility index (Phi) is 4.53. The standard InChI is InChI=1S/C19H20N4O3/c1-25-17-4-3-14(16-12-23-8-2-7-20-19(23)22-16)11-15(17)21-18(24)13-5-9-26-10-6-13/h2-4,7-8,11-13H,5-6,9-10H2,1H3,(H,21,24). The number of aromatic nitrogens is 3. The van der Waals surface area contributed by atoms with E-state index in [9.17, 15) is 4.79 Å². The molecule has 0 bridgehead atoms. The van der Waals surface area contributed by atoms with E-state index in [0.29, 0.717) is 30.4 Å². The Bertz CT molecular complexity index is 898. The summed E-state index contributed by atoms with van der Waals surface area (Å²) in [7, 11) is 1.59. The number of rotatable bonds is 4. The van der Waals surface area contributed by atoms with Gasteiger partial charge in [-0.05, 0) is 37.1 Å². The van der Waals surface area contributed by atoms with E-state index in [4.69, 9.17) is 9.47 Å². The van der Waals surface area contributed by atoms with E-state index in [2.05, 4.69) is 15.3 Å². The number of methoxy groups -OCH3 is 1. The van der Waals surface area contributed by atoms with Gasteiger partial charge in [0.2, 0.25) is 11.7 Å². The number of hydrogen-bond donors (Lipinski definition) is 1. The van der Waals surface area contributed by atoms with Crippen LogP contribution < -0.4 is 10.1 Å². The highest BCUT2D eigenvalue weighted by Crippen LogP contribution is 2.31. The van der Waals surface area contributed by atoms with Crippen LogP contribution in [0, 0.1) is 5.92 Å². The van der Waals surface area contributed by atoms with Gasteiger partial charge in [-0.3, -0.25) is 9.20 Å². The Morgan fingerprint density at radius 1 is 1.35 bits per heavy atom. The summed E-state index contributed by atoms with van der Waals surface area (Å²) >= 11 is 0. The number of anilines is 1. The number of imidazole rings is 1. The molecule has 1 N–H and O–H groups in total. The first-order valence-corrected chi connectivity index (χ1v) is 8.61. The van der Waals surface area contributed by atoms with Crippen LogP contribution in [-0.2, 0) is 9.53 Å². The Labute approximate surface area is 151 Å². The van der Waals surface area contributed by atoms with Crippen molar-refractivity contribution in [3.8, 4) is 17.0 Å². The van der Waals surface area contributed by atoms with Gasteiger partial charge in [-0.15, -0.1) is 0 Å². The molecule has 3 heterocycles. The van der Waals surface area contributed by atoms with E-state index in [-0.39, 0.29) is 11.8 Å². The van der Waals surface area contributed by atoms with Gasteiger partial charge in [-0.1, -0.05) is 0 Å². The minimum absolute atomic E-state index is 0.000387. The van der Waals surface area contributed by atoms with Gasteiger partial charge in [-0.2, -0.15) is 0 Å². The van der Waals surface area contributed by atoms with Gasteiger partial charge in [0.15, 0.2) is 0 Å². The number of fused-ring (bicyclic) bond motifs is 1. The predicted octanol–water partition coefficient (Wildman–Crippen LogP) is 2.77. The largest absolute Gasteiger partial charge is 0.495 e. The first-order chi connectivity index (χ1) is 12.7. The molecule has 1 fully saturated rings. The molecule has 0 radical (unpaired) electrons. The van der Waals surface area contributed by atoms with Gasteiger partial charge >= 0.3 is 0 Å². The monoisotopic (exact) mass is 352 g/mol. The van der Waals surface area contributed by atoms with E-state index in [1.807, 2.05) is 41.1 Å². The van der Waals surface area contributed by atoms with Crippen LogP contribution in [0.3, 0.4) is 0 Å². The molecule has 0 atom stereocenters. The van der Waals surface area contributed by atoms with Crippen molar-refractivity contribution in [1.82, 2.24) is 14.4 Å². The van der Waals surface area contributed by atoms with Crippen LogP contribution in [0.4, 0.5) is 5.69 Å². The fourth-order valence-electron chi connectivity index (χ4n) is 3.13. The number of nitrogens with one attached hydrogen (secondary N) is 1. The molecule has 1 aliphatic heterocycles. The molecule has 7 heteroatoms. The van der Waals surface area contributed by atoms with E-state index in [1.165, 1.54) is 0 Å². The highest BCUT2D eigenvalue weighted by atomic mass is 16.5. The second-order valence-electron chi connectivity index (χ2n) is 6.24. The summed E-state index contributed by atoms with van der Waals surface area (Å²) in [5.41, 5.74) is 2.32. The second-order valence-corrected chi connectivity index (χ2v) is 6.24. The summed E-state index contributed by atoms with van der Waals surface area (Å²) in [6, 6.07) is 7.50. The average molecular weight is 352 g/mol. The van der Waals surface area contributed by atoms with Crippen molar-refractivity contribution in [1.29, 1.82) is 0 Å². The number of carbonyl (C=O) groups excluding carboxylic acids is 1. The third kappa shape index (κ3) is 3.25. The van der Waals surface area contributed by atoms with Gasteiger partial charge < -0.3 is 14.8 Å². The molecule has 1 amide bonds. The van der Waals surface area contributed by atoms with Crippen LogP contribution in [0.15, 0.2) is 42.9 Å². The topological polar surface area (TPSA) is 77.8 Å². The molecule has 3 aromatic rings. The molecule has 0 aliphatic carbocycles. The van der Waals surface area contributed by atoms with E-state index < -0.39 is 0 Å². The summed E-state index contributed by atoms with van der Waals surface area (Å²) in [4.78, 5) is 21.3. The molecule has 4 rings (SSSR count). The van der Waals surface area contributed by atoms with Gasteiger partial charge in [0, 0.05) is 43.3 Å². The van der Waals surface area contributed by atoms with Crippen LogP contribution >= 0.6 is 0 Å². The van der Waals surface area contributed by atoms with Crippen LogP contribution in [0.2, 0.25) is 0 Å². The van der Waals surface area contributed by atoms with Crippen molar-refractivity contribution in [3.63, 3.8) is 0 Å². The number of ether oxygens (including phenoxy) is 2. The minimum Gasteiger partial charge on any atom is -0.495 e. The van der Waals surface area contributed by atoms with Crippen molar-refractivity contribution in [3.05, 3.63) is 42.9 Å². The van der Waals surface area contributed by atoms with Crippen LogP contribution in [-0.4, -0.2) is 40.6 Å². The fourth-order valence-corrected chi connectivity index (χ4v) is 3.13. The Hall–Kier alpha value is -2.93. The average Bonchev–Trinajstić information content (AvgIpc) is 3.13. The summed E-state index contributed by atoms with van der Waals surface area (Å²) in [5.74, 6) is 1.22. The maximum atomic E-state index is 12.6. The lowest BCUT2D eigenvalue weighted by Gasteiger charge is -2.22. The Balaban J connectivity index is 1.63. The number of nitrogens with zero attached hydrogens (tertiary/aromatic N) is 3. The molecular weight excluding hydrogens is 332 g/mol. The van der Waals surface area contributed by atoms with Crippen molar-refractivity contribution in [2.24, 2.45) is 5.92 Å². The molecule has 0 unspecified atom stereocenters. The van der Waals surface area contributed by atoms with Crippen molar-refractivity contribution in [2.75, 3.05) is 25.6 Å². The summed E-state index contributed by atoms with van der Waals surface area (Å²) < 4.78 is 12.6. The predicted molar refractivity (Wildman–Crippen MR) is 97.1 cm³/mol. The summed E-state index contributed by atoms with van der Waals surface area (Å²) in [6.07, 6.45) is 7.00. The Morgan fingerprint density at radius 3 is 2.96 bits per heavy atom. The van der Waals surface area contributed by atoms with Crippen LogP contribution in [0.1, 0.15) is 12.8 Å². The summed E-state index contributed by atoms with van der Waals surface area (Å²) in [5, 5.41) is 3.01. The smallest absolute Gasteiger partial charge is 0.234 e. The molecule has 134 valence electrons. The third-order valence-corrected chi connectivity index (χ3v) is 4.58. The number of amides is 1. The fraction of sp³-hybridized carbons (Fsp3) is 0.316. The highest BCUT2D eigenvalue weighted by molar-refractivity contribution is 5.94. The van der Waals surface area contributed by atoms with E-state index in [1.54, 1.807) is 13.3 Å².